The smallest absolute Gasteiger partial charge is 0.475 e. The number of piperidine rings is 1. The summed E-state index contributed by atoms with van der Waals surface area (Å²) in [5.41, 5.74) is 0.305. The van der Waals surface area contributed by atoms with E-state index in [1.165, 1.54) is 12.1 Å². The highest BCUT2D eigenvalue weighted by atomic mass is 35.5. The Morgan fingerprint density at radius 1 is 1.09 bits per heavy atom. The van der Waals surface area contributed by atoms with Gasteiger partial charge in [-0.1, -0.05) is 11.6 Å². The molecule has 1 amide bonds. The molecule has 18 heteroatoms. The number of aliphatic carboxylic acids is 1. The zero-order valence-corrected chi connectivity index (χ0v) is 23.8. The molecule has 2 N–H and O–H groups in total. The number of rotatable bonds is 7. The van der Waals surface area contributed by atoms with Gasteiger partial charge >= 0.3 is 18.3 Å². The van der Waals surface area contributed by atoms with E-state index in [1.807, 2.05) is 0 Å². The van der Waals surface area contributed by atoms with Crippen LogP contribution in [-0.2, 0) is 27.5 Å². The van der Waals surface area contributed by atoms with E-state index in [0.29, 0.717) is 38.7 Å². The number of alkyl halides is 6. The summed E-state index contributed by atoms with van der Waals surface area (Å²) in [4.78, 5) is 26.9. The molecular formula is C25H25ClF7N3O6S. The van der Waals surface area contributed by atoms with Crippen molar-refractivity contribution in [2.24, 2.45) is 0 Å². The number of sulfonamides is 1. The van der Waals surface area contributed by atoms with E-state index in [4.69, 9.17) is 26.2 Å². The van der Waals surface area contributed by atoms with Gasteiger partial charge in [0, 0.05) is 25.8 Å². The van der Waals surface area contributed by atoms with Gasteiger partial charge in [0.25, 0.3) is 5.91 Å². The van der Waals surface area contributed by atoms with Gasteiger partial charge in [-0.3, -0.25) is 9.69 Å². The molecule has 2 heterocycles. The molecule has 1 aliphatic carbocycles. The Labute approximate surface area is 246 Å². The van der Waals surface area contributed by atoms with E-state index < -0.39 is 45.6 Å². The lowest BCUT2D eigenvalue weighted by Gasteiger charge is -2.32. The monoisotopic (exact) mass is 663 g/mol. The Morgan fingerprint density at radius 3 is 2.14 bits per heavy atom. The molecule has 2 fully saturated rings. The third-order valence-electron chi connectivity index (χ3n) is 6.35. The number of carboxylic acids is 1. The Bertz CT molecular complexity index is 1460. The first kappa shape index (κ1) is 34.3. The molecule has 4 rings (SSSR count). The van der Waals surface area contributed by atoms with Crippen LogP contribution < -0.4 is 9.46 Å². The van der Waals surface area contributed by atoms with Crippen LogP contribution >= 0.6 is 11.6 Å². The second-order valence-electron chi connectivity index (χ2n) is 9.91. The summed E-state index contributed by atoms with van der Waals surface area (Å²) in [6.07, 6.45) is -5.47. The van der Waals surface area contributed by atoms with Gasteiger partial charge in [-0.25, -0.2) is 27.3 Å². The van der Waals surface area contributed by atoms with Crippen molar-refractivity contribution in [2.75, 3.05) is 19.3 Å². The van der Waals surface area contributed by atoms with Crippen LogP contribution in [-0.4, -0.2) is 66.9 Å². The van der Waals surface area contributed by atoms with Gasteiger partial charge in [-0.05, 0) is 60.9 Å². The number of nitrogens with one attached hydrogen (secondary N) is 1. The molecule has 1 aromatic carbocycles. The van der Waals surface area contributed by atoms with E-state index in [1.54, 1.807) is 4.72 Å². The zero-order chi connectivity index (χ0) is 32.3. The van der Waals surface area contributed by atoms with Crippen LogP contribution in [0, 0.1) is 5.82 Å². The normalized spacial score (nSPS) is 16.7. The van der Waals surface area contributed by atoms with E-state index >= 15 is 0 Å². The molecule has 1 saturated carbocycles. The van der Waals surface area contributed by atoms with Crippen molar-refractivity contribution >= 4 is 33.5 Å². The van der Waals surface area contributed by atoms with Crippen molar-refractivity contribution in [1.82, 2.24) is 14.6 Å². The number of hydrogen-bond donors (Lipinski definition) is 2. The predicted molar refractivity (Wildman–Crippen MR) is 138 cm³/mol. The second-order valence-corrected chi connectivity index (χ2v) is 12.1. The van der Waals surface area contributed by atoms with Crippen LogP contribution in [0.5, 0.6) is 5.88 Å². The molecule has 0 spiro atoms. The number of likely N-dealkylation sites (tertiary alicyclic amines) is 1. The van der Waals surface area contributed by atoms with Crippen LogP contribution in [0.3, 0.4) is 0 Å². The summed E-state index contributed by atoms with van der Waals surface area (Å²) in [6, 6.07) is 3.52. The number of carbonyl (C=O) groups excluding carboxylic acids is 1. The predicted octanol–water partition coefficient (Wildman–Crippen LogP) is 5.14. The summed E-state index contributed by atoms with van der Waals surface area (Å²) in [5.74, 6) is -4.41. The highest BCUT2D eigenvalue weighted by molar-refractivity contribution is 7.89. The van der Waals surface area contributed by atoms with Crippen LogP contribution in [0.25, 0.3) is 0 Å². The van der Waals surface area contributed by atoms with Gasteiger partial charge in [0.1, 0.15) is 16.9 Å². The van der Waals surface area contributed by atoms with Crippen LogP contribution in [0.2, 0.25) is 5.02 Å². The number of benzene rings is 1. The minimum Gasteiger partial charge on any atom is -0.475 e. The van der Waals surface area contributed by atoms with E-state index in [2.05, 4.69) is 9.88 Å². The summed E-state index contributed by atoms with van der Waals surface area (Å²) >= 11 is 5.93. The molecule has 0 atom stereocenters. The minimum atomic E-state index is -5.08. The fraction of sp³-hybridized carbons (Fsp3) is 0.480. The van der Waals surface area contributed by atoms with Gasteiger partial charge in [-0.15, -0.1) is 0 Å². The number of ether oxygens (including phenoxy) is 1. The quantitative estimate of drug-likeness (QED) is 0.391. The number of hydrogen-bond acceptors (Lipinski definition) is 7. The molecule has 0 unspecified atom stereocenters. The van der Waals surface area contributed by atoms with Gasteiger partial charge in [0.15, 0.2) is 0 Å². The van der Waals surface area contributed by atoms with Crippen LogP contribution in [0.4, 0.5) is 30.7 Å². The van der Waals surface area contributed by atoms with Crippen molar-refractivity contribution < 1.29 is 58.6 Å². The molecule has 1 aromatic heterocycles. The maximum Gasteiger partial charge on any atom is 0.490 e. The van der Waals surface area contributed by atoms with Gasteiger partial charge < -0.3 is 9.84 Å². The molecule has 43 heavy (non-hydrogen) atoms. The first-order chi connectivity index (χ1) is 19.7. The first-order valence-corrected chi connectivity index (χ1v) is 14.8. The summed E-state index contributed by atoms with van der Waals surface area (Å²) in [7, 11) is -3.83. The molecule has 0 radical (unpaired) electrons. The van der Waals surface area contributed by atoms with Crippen molar-refractivity contribution in [3.8, 4) is 5.88 Å². The fourth-order valence-electron chi connectivity index (χ4n) is 4.19. The van der Waals surface area contributed by atoms with Crippen LogP contribution in [0.15, 0.2) is 24.4 Å². The highest BCUT2D eigenvalue weighted by Gasteiger charge is 2.38. The topological polar surface area (TPSA) is 126 Å². The molecule has 9 nitrogen and oxygen atoms in total. The number of carboxylic acid groups (broad SMARTS) is 1. The number of pyridine rings is 1. The van der Waals surface area contributed by atoms with Gasteiger partial charge in [0.05, 0.1) is 17.4 Å². The molecule has 2 aliphatic rings. The SMILES string of the molecule is CS(=O)(=O)NC(=O)c1cc(C2CC2)c(CN2CCC(Oc3ncc(C(F)(F)F)cc3Cl)CC2)cc1F.O=C(O)C(F)(F)F. The summed E-state index contributed by atoms with van der Waals surface area (Å²) < 4.78 is 115. The number of halogens is 8. The number of aromatic nitrogens is 1. The second kappa shape index (κ2) is 13.2. The standard InChI is InChI=1S/C23H24ClF4N3O4S.C2HF3O2/c1-36(33,34)30-21(32)18-10-17(13-2-3-13)14(8-20(18)25)12-31-6-4-16(5-7-31)35-22-19(24)9-15(11-29-22)23(26,27)28;3-2(4,5)1(6)7/h8-11,13,16H,2-7,12H2,1H3,(H,30,32);(H,6,7). The third-order valence-corrected chi connectivity index (χ3v) is 7.18. The average molecular weight is 664 g/mol. The minimum absolute atomic E-state index is 0.0517. The number of nitrogens with zero attached hydrogens (tertiary/aromatic N) is 2. The third kappa shape index (κ3) is 10.2. The van der Waals surface area contributed by atoms with Crippen molar-refractivity contribution in [3.63, 3.8) is 0 Å². The zero-order valence-electron chi connectivity index (χ0n) is 22.2. The van der Waals surface area contributed by atoms with E-state index in [9.17, 15) is 43.9 Å². The van der Waals surface area contributed by atoms with E-state index in [0.717, 1.165) is 36.3 Å². The lowest BCUT2D eigenvalue weighted by atomic mass is 9.97. The lowest BCUT2D eigenvalue weighted by molar-refractivity contribution is -0.192. The fourth-order valence-corrected chi connectivity index (χ4v) is 4.85. The Kier molecular flexibility index (Phi) is 10.5. The van der Waals surface area contributed by atoms with Gasteiger partial charge in [0.2, 0.25) is 15.9 Å². The first-order valence-electron chi connectivity index (χ1n) is 12.5. The molecule has 2 aromatic rings. The van der Waals surface area contributed by atoms with Crippen molar-refractivity contribution in [1.29, 1.82) is 0 Å². The van der Waals surface area contributed by atoms with Crippen LogP contribution in [0.1, 0.15) is 58.6 Å². The lowest BCUT2D eigenvalue weighted by Crippen LogP contribution is -2.38. The average Bonchev–Trinajstić information content (AvgIpc) is 3.70. The number of carbonyl (C=O) groups is 2. The highest BCUT2D eigenvalue weighted by Crippen LogP contribution is 2.43. The Hall–Kier alpha value is -3.18. The largest absolute Gasteiger partial charge is 0.490 e. The number of amides is 1. The van der Waals surface area contributed by atoms with Gasteiger partial charge in [-0.2, -0.15) is 26.3 Å². The van der Waals surface area contributed by atoms with E-state index in [-0.39, 0.29) is 28.5 Å². The Balaban J connectivity index is 0.000000646. The summed E-state index contributed by atoms with van der Waals surface area (Å²) in [6.45, 7) is 1.61. The van der Waals surface area contributed by atoms with Crippen molar-refractivity contribution in [2.45, 2.75) is 56.6 Å². The van der Waals surface area contributed by atoms with Crippen molar-refractivity contribution in [3.05, 3.63) is 57.5 Å². The maximum absolute atomic E-state index is 14.8. The molecule has 1 aliphatic heterocycles. The summed E-state index contributed by atoms with van der Waals surface area (Å²) in [5, 5.41) is 6.91. The Morgan fingerprint density at radius 2 is 1.67 bits per heavy atom. The maximum atomic E-state index is 14.8. The molecule has 1 saturated heterocycles. The molecule has 0 bridgehead atoms. The molecule has 238 valence electrons. The molecular weight excluding hydrogens is 639 g/mol.